The first-order valence-electron chi connectivity index (χ1n) is 13.0. The molecule has 0 aromatic carbocycles. The second-order valence-corrected chi connectivity index (χ2v) is 10.9. The lowest BCUT2D eigenvalue weighted by Gasteiger charge is -2.33. The molecular formula is C26H48B2O4. The molecule has 2 unspecified atom stereocenters. The highest BCUT2D eigenvalue weighted by Gasteiger charge is 2.52. The first-order chi connectivity index (χ1) is 15.0. The van der Waals surface area contributed by atoms with Crippen LogP contribution in [-0.4, -0.2) is 37.6 Å². The van der Waals surface area contributed by atoms with Gasteiger partial charge < -0.3 is 18.6 Å². The maximum absolute atomic E-state index is 6.26. The maximum Gasteiger partial charge on any atom is 0.490 e. The Morgan fingerprint density at radius 3 is 1.69 bits per heavy atom. The van der Waals surface area contributed by atoms with E-state index in [2.05, 4.69) is 67.5 Å². The van der Waals surface area contributed by atoms with Gasteiger partial charge >= 0.3 is 14.2 Å². The van der Waals surface area contributed by atoms with E-state index in [-0.39, 0.29) is 37.6 Å². The number of hydrogen-bond donors (Lipinski definition) is 0. The fourth-order valence-corrected chi connectivity index (χ4v) is 4.73. The van der Waals surface area contributed by atoms with Crippen molar-refractivity contribution in [3.8, 4) is 0 Å². The molecule has 0 spiro atoms. The van der Waals surface area contributed by atoms with Gasteiger partial charge in [0.25, 0.3) is 0 Å². The van der Waals surface area contributed by atoms with E-state index >= 15 is 0 Å². The molecule has 1 aliphatic heterocycles. The number of allylic oxidation sites excluding steroid dienone is 4. The third-order valence-electron chi connectivity index (χ3n) is 7.29. The number of hydrogen-bond acceptors (Lipinski definition) is 4. The molecule has 1 saturated heterocycles. The van der Waals surface area contributed by atoms with Gasteiger partial charge in [-0.1, -0.05) is 26.0 Å². The largest absolute Gasteiger partial charge is 0.490 e. The minimum atomic E-state index is -0.257. The lowest BCUT2D eigenvalue weighted by atomic mass is 9.64. The molecule has 0 amide bonds. The summed E-state index contributed by atoms with van der Waals surface area (Å²) in [7, 11) is -0.358. The highest BCUT2D eigenvalue weighted by atomic mass is 16.7. The highest BCUT2D eigenvalue weighted by Crippen LogP contribution is 2.43. The van der Waals surface area contributed by atoms with Crippen LogP contribution in [0.25, 0.3) is 0 Å². The van der Waals surface area contributed by atoms with Crippen LogP contribution in [-0.2, 0) is 18.6 Å². The molecule has 1 fully saturated rings. The average molecular weight is 446 g/mol. The van der Waals surface area contributed by atoms with Crippen LogP contribution in [0.2, 0.25) is 0 Å². The summed E-state index contributed by atoms with van der Waals surface area (Å²) in [6.07, 6.45) is 12.1. The van der Waals surface area contributed by atoms with E-state index in [0.29, 0.717) is 0 Å². The van der Waals surface area contributed by atoms with Crippen molar-refractivity contribution < 1.29 is 18.6 Å². The van der Waals surface area contributed by atoms with E-state index in [0.717, 1.165) is 37.5 Å². The molecule has 3 aliphatic rings. The SMILES string of the molecule is CC.CC(C)OB(OC(C)C)C1=CCC(C2CC=C(B3OC(C)(C)C(C)(C)O3)CC2)CC1. The van der Waals surface area contributed by atoms with E-state index in [9.17, 15) is 0 Å². The zero-order valence-corrected chi connectivity index (χ0v) is 22.5. The van der Waals surface area contributed by atoms with Crippen molar-refractivity contribution in [3.05, 3.63) is 23.1 Å². The molecular weight excluding hydrogens is 398 g/mol. The highest BCUT2D eigenvalue weighted by molar-refractivity contribution is 6.54. The van der Waals surface area contributed by atoms with Gasteiger partial charge in [0.05, 0.1) is 11.2 Å². The first kappa shape index (κ1) is 27.7. The summed E-state index contributed by atoms with van der Waals surface area (Å²) < 4.78 is 24.6. The van der Waals surface area contributed by atoms with E-state index in [4.69, 9.17) is 18.6 Å². The van der Waals surface area contributed by atoms with Crippen molar-refractivity contribution in [3.63, 3.8) is 0 Å². The smallest absolute Gasteiger partial charge is 0.405 e. The van der Waals surface area contributed by atoms with Gasteiger partial charge in [-0.15, -0.1) is 0 Å². The molecule has 182 valence electrons. The van der Waals surface area contributed by atoms with Gasteiger partial charge in [0.15, 0.2) is 0 Å². The summed E-state index contributed by atoms with van der Waals surface area (Å²) in [5.41, 5.74) is 2.16. The van der Waals surface area contributed by atoms with Crippen LogP contribution < -0.4 is 0 Å². The van der Waals surface area contributed by atoms with E-state index in [1.165, 1.54) is 23.8 Å². The molecule has 2 atom stereocenters. The van der Waals surface area contributed by atoms with Gasteiger partial charge in [0, 0.05) is 12.2 Å². The Morgan fingerprint density at radius 1 is 0.844 bits per heavy atom. The molecule has 32 heavy (non-hydrogen) atoms. The van der Waals surface area contributed by atoms with Crippen LogP contribution in [0.15, 0.2) is 23.1 Å². The Balaban J connectivity index is 0.00000176. The summed E-state index contributed by atoms with van der Waals surface area (Å²) >= 11 is 0. The van der Waals surface area contributed by atoms with Crippen LogP contribution in [0.4, 0.5) is 0 Å². The van der Waals surface area contributed by atoms with E-state index in [1.54, 1.807) is 0 Å². The molecule has 2 aliphatic carbocycles. The Morgan fingerprint density at radius 2 is 1.31 bits per heavy atom. The van der Waals surface area contributed by atoms with Gasteiger partial charge in [0.1, 0.15) is 0 Å². The molecule has 6 heteroatoms. The van der Waals surface area contributed by atoms with Crippen LogP contribution >= 0.6 is 0 Å². The monoisotopic (exact) mass is 446 g/mol. The van der Waals surface area contributed by atoms with Gasteiger partial charge in [-0.25, -0.2) is 0 Å². The number of rotatable bonds is 7. The Labute approximate surface area is 199 Å². The van der Waals surface area contributed by atoms with Crippen molar-refractivity contribution in [1.29, 1.82) is 0 Å². The van der Waals surface area contributed by atoms with Crippen LogP contribution in [0.3, 0.4) is 0 Å². The van der Waals surface area contributed by atoms with E-state index in [1.807, 2.05) is 13.8 Å². The van der Waals surface area contributed by atoms with Crippen LogP contribution in [0.1, 0.15) is 108 Å². The molecule has 0 aromatic heterocycles. The maximum atomic E-state index is 6.26. The predicted octanol–water partition coefficient (Wildman–Crippen LogP) is 6.97. The zero-order valence-electron chi connectivity index (χ0n) is 22.5. The standard InChI is InChI=1S/C24H42B2O4.C2H6/c1-17(2)27-25(28-18(3)4)21-13-9-19(10-14-21)20-11-15-22(16-12-20)26-29-23(5,6)24(7,8)30-26;1-2/h13,15,17-20H,9-12,14,16H2,1-8H3;1-2H3. The molecule has 4 nitrogen and oxygen atoms in total. The molecule has 0 bridgehead atoms. The van der Waals surface area contributed by atoms with E-state index < -0.39 is 0 Å². The Kier molecular flexibility index (Phi) is 10.2. The molecule has 3 rings (SSSR count). The van der Waals surface area contributed by atoms with Gasteiger partial charge in [-0.2, -0.15) is 0 Å². The third kappa shape index (κ3) is 6.98. The third-order valence-corrected chi connectivity index (χ3v) is 7.29. The second kappa shape index (κ2) is 11.7. The fourth-order valence-electron chi connectivity index (χ4n) is 4.73. The fraction of sp³-hybridized carbons (Fsp3) is 0.846. The van der Waals surface area contributed by atoms with Crippen LogP contribution in [0, 0.1) is 11.8 Å². The van der Waals surface area contributed by atoms with Crippen molar-refractivity contribution in [2.24, 2.45) is 11.8 Å². The van der Waals surface area contributed by atoms with Crippen molar-refractivity contribution in [2.45, 2.75) is 131 Å². The minimum Gasteiger partial charge on any atom is -0.405 e. The first-order valence-corrected chi connectivity index (χ1v) is 13.0. The summed E-state index contributed by atoms with van der Waals surface area (Å²) in [4.78, 5) is 0. The summed E-state index contributed by atoms with van der Waals surface area (Å²) in [5.74, 6) is 1.51. The molecule has 0 N–H and O–H groups in total. The minimum absolute atomic E-state index is 0.170. The van der Waals surface area contributed by atoms with Crippen molar-refractivity contribution in [1.82, 2.24) is 0 Å². The molecule has 0 saturated carbocycles. The summed E-state index contributed by atoms with van der Waals surface area (Å²) in [6, 6.07) is 0. The predicted molar refractivity (Wildman–Crippen MR) is 136 cm³/mol. The molecule has 0 radical (unpaired) electrons. The van der Waals surface area contributed by atoms with Gasteiger partial charge in [-0.05, 0) is 117 Å². The van der Waals surface area contributed by atoms with Gasteiger partial charge in [-0.3, -0.25) is 0 Å². The molecule has 0 aromatic rings. The Bertz CT molecular complexity index is 600. The summed E-state index contributed by atoms with van der Waals surface area (Å²) in [5, 5.41) is 0. The lowest BCUT2D eigenvalue weighted by molar-refractivity contribution is 0.00578. The summed E-state index contributed by atoms with van der Waals surface area (Å²) in [6.45, 7) is 20.8. The van der Waals surface area contributed by atoms with Crippen LogP contribution in [0.5, 0.6) is 0 Å². The zero-order chi connectivity index (χ0) is 24.1. The second-order valence-electron chi connectivity index (χ2n) is 10.9. The van der Waals surface area contributed by atoms with Crippen molar-refractivity contribution in [2.75, 3.05) is 0 Å². The normalized spacial score (nSPS) is 27.1. The Hall–Kier alpha value is -0.550. The molecule has 1 heterocycles. The quantitative estimate of drug-likeness (QED) is 0.396. The topological polar surface area (TPSA) is 36.9 Å². The lowest BCUT2D eigenvalue weighted by Crippen LogP contribution is -2.41. The van der Waals surface area contributed by atoms with Gasteiger partial charge in [0.2, 0.25) is 0 Å². The average Bonchev–Trinajstić information content (AvgIpc) is 2.96. The van der Waals surface area contributed by atoms with Crippen molar-refractivity contribution >= 4 is 14.2 Å².